The van der Waals surface area contributed by atoms with Gasteiger partial charge in [0.1, 0.15) is 5.75 Å². The minimum atomic E-state index is 0.694. The molecule has 0 spiro atoms. The summed E-state index contributed by atoms with van der Waals surface area (Å²) in [4.78, 5) is 0. The summed E-state index contributed by atoms with van der Waals surface area (Å²) in [6.07, 6.45) is 0.900. The quantitative estimate of drug-likeness (QED) is 0.641. The minimum absolute atomic E-state index is 0.694. The van der Waals surface area contributed by atoms with E-state index in [9.17, 15) is 0 Å². The van der Waals surface area contributed by atoms with Crippen LogP contribution in [0.4, 0.5) is 0 Å². The van der Waals surface area contributed by atoms with Gasteiger partial charge >= 0.3 is 0 Å². The molecule has 3 aromatic rings. The number of ether oxygens (including phenoxy) is 1. The van der Waals surface area contributed by atoms with Gasteiger partial charge in [-0.3, -0.25) is 0 Å². The molecule has 0 aromatic heterocycles. The van der Waals surface area contributed by atoms with Crippen LogP contribution < -0.4 is 4.74 Å². The third-order valence-electron chi connectivity index (χ3n) is 3.80. The number of aryl methyl sites for hydroxylation is 1. The van der Waals surface area contributed by atoms with Gasteiger partial charge < -0.3 is 4.74 Å². The summed E-state index contributed by atoms with van der Waals surface area (Å²) in [5, 5.41) is 2.55. The highest BCUT2D eigenvalue weighted by Crippen LogP contribution is 2.30. The van der Waals surface area contributed by atoms with E-state index in [1.807, 2.05) is 6.92 Å². The molecule has 0 atom stereocenters. The van der Waals surface area contributed by atoms with Gasteiger partial charge in [0.2, 0.25) is 0 Å². The molecular formula is C20H20O. The molecule has 0 saturated heterocycles. The molecule has 106 valence electrons. The van der Waals surface area contributed by atoms with E-state index in [2.05, 4.69) is 67.6 Å². The molecule has 3 aromatic carbocycles. The van der Waals surface area contributed by atoms with Crippen LogP contribution in [0.1, 0.15) is 23.6 Å². The van der Waals surface area contributed by atoms with Crippen molar-refractivity contribution in [2.24, 2.45) is 0 Å². The second-order valence-corrected chi connectivity index (χ2v) is 5.36. The van der Waals surface area contributed by atoms with Crippen molar-refractivity contribution >= 4 is 10.8 Å². The zero-order chi connectivity index (χ0) is 14.7. The lowest BCUT2D eigenvalue weighted by Crippen LogP contribution is -1.99. The monoisotopic (exact) mass is 276 g/mol. The van der Waals surface area contributed by atoms with Crippen molar-refractivity contribution in [3.05, 3.63) is 77.4 Å². The zero-order valence-electron chi connectivity index (χ0n) is 12.6. The van der Waals surface area contributed by atoms with E-state index in [1.54, 1.807) is 0 Å². The second-order valence-electron chi connectivity index (χ2n) is 5.36. The van der Waals surface area contributed by atoms with Crippen LogP contribution >= 0.6 is 0 Å². The van der Waals surface area contributed by atoms with Gasteiger partial charge in [-0.05, 0) is 36.2 Å². The van der Waals surface area contributed by atoms with Crippen molar-refractivity contribution in [2.75, 3.05) is 6.61 Å². The fourth-order valence-corrected chi connectivity index (χ4v) is 2.70. The maximum absolute atomic E-state index is 5.84. The Morgan fingerprint density at radius 1 is 0.857 bits per heavy atom. The molecule has 0 fully saturated rings. The van der Waals surface area contributed by atoms with Crippen molar-refractivity contribution in [2.45, 2.75) is 20.3 Å². The molecule has 0 N–H and O–H groups in total. The highest BCUT2D eigenvalue weighted by molar-refractivity contribution is 5.88. The fourth-order valence-electron chi connectivity index (χ4n) is 2.70. The van der Waals surface area contributed by atoms with E-state index < -0.39 is 0 Å². The van der Waals surface area contributed by atoms with Crippen LogP contribution in [0, 0.1) is 6.92 Å². The second kappa shape index (κ2) is 6.01. The van der Waals surface area contributed by atoms with Gasteiger partial charge in [0.05, 0.1) is 6.61 Å². The first kappa shape index (κ1) is 13.7. The van der Waals surface area contributed by atoms with Gasteiger partial charge in [-0.2, -0.15) is 0 Å². The molecule has 0 amide bonds. The molecular weight excluding hydrogens is 256 g/mol. The van der Waals surface area contributed by atoms with Crippen molar-refractivity contribution in [3.8, 4) is 5.75 Å². The zero-order valence-corrected chi connectivity index (χ0v) is 12.6. The Balaban J connectivity index is 2.09. The van der Waals surface area contributed by atoms with E-state index in [1.165, 1.54) is 27.5 Å². The lowest BCUT2D eigenvalue weighted by molar-refractivity contribution is 0.337. The summed E-state index contributed by atoms with van der Waals surface area (Å²) in [5.41, 5.74) is 3.89. The van der Waals surface area contributed by atoms with E-state index in [0.29, 0.717) is 6.61 Å². The van der Waals surface area contributed by atoms with Gasteiger partial charge in [-0.1, -0.05) is 60.2 Å². The highest BCUT2D eigenvalue weighted by atomic mass is 16.5. The first-order chi connectivity index (χ1) is 10.3. The standard InChI is InChI=1S/C20H20O/c1-3-21-20-13-12-17-6-4-5-7-18(17)19(20)14-16-10-8-15(2)9-11-16/h4-13H,3,14H2,1-2H3. The Labute approximate surface area is 126 Å². The summed E-state index contributed by atoms with van der Waals surface area (Å²) >= 11 is 0. The van der Waals surface area contributed by atoms with Crippen LogP contribution in [0.3, 0.4) is 0 Å². The Morgan fingerprint density at radius 2 is 1.62 bits per heavy atom. The molecule has 1 nitrogen and oxygen atoms in total. The average Bonchev–Trinajstić information content (AvgIpc) is 2.52. The summed E-state index contributed by atoms with van der Waals surface area (Å²) < 4.78 is 5.84. The maximum Gasteiger partial charge on any atom is 0.123 e. The Morgan fingerprint density at radius 3 is 2.38 bits per heavy atom. The summed E-state index contributed by atoms with van der Waals surface area (Å²) in [6, 6.07) is 21.5. The van der Waals surface area contributed by atoms with Crippen molar-refractivity contribution in [1.82, 2.24) is 0 Å². The van der Waals surface area contributed by atoms with Gasteiger partial charge in [0, 0.05) is 12.0 Å². The first-order valence-corrected chi connectivity index (χ1v) is 7.47. The predicted molar refractivity (Wildman–Crippen MR) is 89.1 cm³/mol. The smallest absolute Gasteiger partial charge is 0.123 e. The molecule has 0 radical (unpaired) electrons. The molecule has 0 heterocycles. The van der Waals surface area contributed by atoms with Gasteiger partial charge in [0.15, 0.2) is 0 Å². The van der Waals surface area contributed by atoms with Crippen molar-refractivity contribution < 1.29 is 4.74 Å². The molecule has 1 heteroatoms. The highest BCUT2D eigenvalue weighted by Gasteiger charge is 2.09. The normalized spacial score (nSPS) is 10.8. The number of hydrogen-bond acceptors (Lipinski definition) is 1. The largest absolute Gasteiger partial charge is 0.494 e. The van der Waals surface area contributed by atoms with Crippen LogP contribution in [0.25, 0.3) is 10.8 Å². The topological polar surface area (TPSA) is 9.23 Å². The van der Waals surface area contributed by atoms with E-state index in [0.717, 1.165) is 12.2 Å². The third kappa shape index (κ3) is 2.92. The summed E-state index contributed by atoms with van der Waals surface area (Å²) in [6.45, 7) is 4.84. The molecule has 0 bridgehead atoms. The Bertz CT molecular complexity index is 741. The van der Waals surface area contributed by atoms with Gasteiger partial charge in [-0.15, -0.1) is 0 Å². The van der Waals surface area contributed by atoms with E-state index in [4.69, 9.17) is 4.74 Å². The lowest BCUT2D eigenvalue weighted by Gasteiger charge is -2.14. The van der Waals surface area contributed by atoms with Gasteiger partial charge in [-0.25, -0.2) is 0 Å². The Kier molecular flexibility index (Phi) is 3.92. The lowest BCUT2D eigenvalue weighted by atomic mass is 9.97. The van der Waals surface area contributed by atoms with Crippen LogP contribution in [0.5, 0.6) is 5.75 Å². The summed E-state index contributed by atoms with van der Waals surface area (Å²) in [5.74, 6) is 0.997. The number of benzene rings is 3. The summed E-state index contributed by atoms with van der Waals surface area (Å²) in [7, 11) is 0. The number of rotatable bonds is 4. The maximum atomic E-state index is 5.84. The van der Waals surface area contributed by atoms with Crippen LogP contribution in [0.2, 0.25) is 0 Å². The van der Waals surface area contributed by atoms with E-state index >= 15 is 0 Å². The molecule has 21 heavy (non-hydrogen) atoms. The third-order valence-corrected chi connectivity index (χ3v) is 3.80. The first-order valence-electron chi connectivity index (χ1n) is 7.47. The molecule has 0 aliphatic carbocycles. The fraction of sp³-hybridized carbons (Fsp3) is 0.200. The molecule has 0 aliphatic rings. The minimum Gasteiger partial charge on any atom is -0.494 e. The van der Waals surface area contributed by atoms with Crippen LogP contribution in [-0.4, -0.2) is 6.61 Å². The van der Waals surface area contributed by atoms with Crippen LogP contribution in [0.15, 0.2) is 60.7 Å². The van der Waals surface area contributed by atoms with Gasteiger partial charge in [0.25, 0.3) is 0 Å². The molecule has 3 rings (SSSR count). The van der Waals surface area contributed by atoms with Crippen molar-refractivity contribution in [3.63, 3.8) is 0 Å². The van der Waals surface area contributed by atoms with Crippen LogP contribution in [-0.2, 0) is 6.42 Å². The molecule has 0 unspecified atom stereocenters. The SMILES string of the molecule is CCOc1ccc2ccccc2c1Cc1ccc(C)cc1. The predicted octanol–water partition coefficient (Wildman–Crippen LogP) is 5.14. The molecule has 0 saturated carbocycles. The number of hydrogen-bond donors (Lipinski definition) is 0. The van der Waals surface area contributed by atoms with E-state index in [-0.39, 0.29) is 0 Å². The van der Waals surface area contributed by atoms with Crippen molar-refractivity contribution in [1.29, 1.82) is 0 Å². The number of fused-ring (bicyclic) bond motifs is 1. The Hall–Kier alpha value is -2.28. The molecule has 0 aliphatic heterocycles. The average molecular weight is 276 g/mol.